The number of thiol groups is 1. The van der Waals surface area contributed by atoms with Crippen molar-refractivity contribution < 1.29 is 9.59 Å². The van der Waals surface area contributed by atoms with Gasteiger partial charge in [-0.3, -0.25) is 24.7 Å². The Morgan fingerprint density at radius 3 is 2.74 bits per heavy atom. The van der Waals surface area contributed by atoms with Gasteiger partial charge in [0.25, 0.3) is 0 Å². The molecule has 3 aliphatic rings. The molecule has 2 fully saturated rings. The number of carbonyl (C=O) groups is 2. The second-order valence-corrected chi connectivity index (χ2v) is 10.5. The van der Waals surface area contributed by atoms with Gasteiger partial charge in [-0.25, -0.2) is 0 Å². The molecule has 2 atom stereocenters. The number of piperidine rings is 1. The zero-order valence-corrected chi connectivity index (χ0v) is 21.3. The first-order chi connectivity index (χ1) is 16.4. The molecule has 0 bridgehead atoms. The van der Waals surface area contributed by atoms with Gasteiger partial charge >= 0.3 is 0 Å². The van der Waals surface area contributed by atoms with Gasteiger partial charge in [0.05, 0.1) is 27.1 Å². The molecule has 3 heterocycles. The molecule has 0 spiro atoms. The van der Waals surface area contributed by atoms with E-state index in [1.165, 1.54) is 11.1 Å². The number of rotatable bonds is 4. The summed E-state index contributed by atoms with van der Waals surface area (Å²) in [5, 5.41) is 3.54. The summed E-state index contributed by atoms with van der Waals surface area (Å²) < 4.78 is 0. The third-order valence-electron chi connectivity index (χ3n) is 7.03. The standard InChI is InChI=1S/C25H28Cl2N4O2S/c26-19-3-1-4-20(23(19)27)30-10-2-9-29(11-12-30)14-16-5-6-18-17(13-16)15-31(25(18)34)21-7-8-22(32)28-24(21)33/h1,3-6,13,21,25,34H,2,7-12,14-15H2,(H,28,32,33). The van der Waals surface area contributed by atoms with Crippen LogP contribution in [0.15, 0.2) is 36.4 Å². The van der Waals surface area contributed by atoms with Crippen LogP contribution in [0, 0.1) is 0 Å². The summed E-state index contributed by atoms with van der Waals surface area (Å²) in [5.41, 5.74) is 4.62. The summed E-state index contributed by atoms with van der Waals surface area (Å²) in [6.07, 6.45) is 1.97. The van der Waals surface area contributed by atoms with Crippen molar-refractivity contribution in [1.29, 1.82) is 0 Å². The minimum absolute atomic E-state index is 0.137. The van der Waals surface area contributed by atoms with Crippen molar-refractivity contribution in [3.05, 3.63) is 63.1 Å². The second-order valence-electron chi connectivity index (χ2n) is 9.24. The zero-order valence-electron chi connectivity index (χ0n) is 18.8. The molecule has 0 aromatic heterocycles. The van der Waals surface area contributed by atoms with E-state index >= 15 is 0 Å². The van der Waals surface area contributed by atoms with Crippen molar-refractivity contribution >= 4 is 53.3 Å². The number of hydrogen-bond donors (Lipinski definition) is 2. The lowest BCUT2D eigenvalue weighted by molar-refractivity contribution is -0.137. The van der Waals surface area contributed by atoms with Crippen molar-refractivity contribution in [3.8, 4) is 0 Å². The lowest BCUT2D eigenvalue weighted by atomic mass is 10.0. The van der Waals surface area contributed by atoms with E-state index in [1.807, 2.05) is 18.2 Å². The van der Waals surface area contributed by atoms with E-state index in [2.05, 4.69) is 38.2 Å². The van der Waals surface area contributed by atoms with Crippen LogP contribution in [0.4, 0.5) is 5.69 Å². The maximum absolute atomic E-state index is 12.4. The predicted octanol–water partition coefficient (Wildman–Crippen LogP) is 4.25. The highest BCUT2D eigenvalue weighted by Crippen LogP contribution is 2.39. The Hall–Kier alpha value is -1.77. The van der Waals surface area contributed by atoms with Crippen LogP contribution in [0.3, 0.4) is 0 Å². The van der Waals surface area contributed by atoms with Crippen LogP contribution in [-0.2, 0) is 22.7 Å². The summed E-state index contributed by atoms with van der Waals surface area (Å²) in [5.74, 6) is -0.401. The summed E-state index contributed by atoms with van der Waals surface area (Å²) in [7, 11) is 0. The minimum Gasteiger partial charge on any atom is -0.369 e. The van der Waals surface area contributed by atoms with Gasteiger partial charge in [0, 0.05) is 45.7 Å². The van der Waals surface area contributed by atoms with Crippen molar-refractivity contribution in [2.75, 3.05) is 31.1 Å². The fourth-order valence-corrected chi connectivity index (χ4v) is 6.16. The molecule has 6 nitrogen and oxygen atoms in total. The van der Waals surface area contributed by atoms with E-state index in [1.54, 1.807) is 0 Å². The number of fused-ring (bicyclic) bond motifs is 1. The highest BCUT2D eigenvalue weighted by molar-refractivity contribution is 7.80. The van der Waals surface area contributed by atoms with Crippen LogP contribution in [-0.4, -0.2) is 53.8 Å². The van der Waals surface area contributed by atoms with Gasteiger partial charge in [-0.05, 0) is 41.7 Å². The Bertz CT molecular complexity index is 1110. The van der Waals surface area contributed by atoms with Crippen molar-refractivity contribution in [2.24, 2.45) is 0 Å². The molecule has 3 aliphatic heterocycles. The van der Waals surface area contributed by atoms with Crippen molar-refractivity contribution in [2.45, 2.75) is 43.8 Å². The molecule has 180 valence electrons. The Kier molecular flexibility index (Phi) is 7.09. The summed E-state index contributed by atoms with van der Waals surface area (Å²) >= 11 is 17.5. The monoisotopic (exact) mass is 518 g/mol. The highest BCUT2D eigenvalue weighted by Gasteiger charge is 2.39. The molecule has 2 saturated heterocycles. The normalized spacial score (nSPS) is 24.1. The van der Waals surface area contributed by atoms with Gasteiger partial charge in [0.2, 0.25) is 11.8 Å². The van der Waals surface area contributed by atoms with Crippen LogP contribution in [0.25, 0.3) is 0 Å². The Morgan fingerprint density at radius 2 is 1.91 bits per heavy atom. The van der Waals surface area contributed by atoms with Crippen LogP contribution in [0.2, 0.25) is 10.0 Å². The molecule has 5 rings (SSSR count). The number of hydrogen-bond acceptors (Lipinski definition) is 6. The van der Waals surface area contributed by atoms with Crippen LogP contribution in [0.5, 0.6) is 0 Å². The smallest absolute Gasteiger partial charge is 0.243 e. The van der Waals surface area contributed by atoms with Gasteiger partial charge in [-0.1, -0.05) is 47.5 Å². The third kappa shape index (κ3) is 4.82. The Balaban J connectivity index is 1.24. The number of imide groups is 1. The van der Waals surface area contributed by atoms with Crippen LogP contribution < -0.4 is 10.2 Å². The average molecular weight is 519 g/mol. The molecule has 2 aromatic rings. The topological polar surface area (TPSA) is 55.9 Å². The lowest BCUT2D eigenvalue weighted by Crippen LogP contribution is -2.51. The van der Waals surface area contributed by atoms with Gasteiger partial charge in [0.1, 0.15) is 0 Å². The molecule has 0 saturated carbocycles. The van der Waals surface area contributed by atoms with Gasteiger partial charge < -0.3 is 4.90 Å². The molecule has 0 aliphatic carbocycles. The molecule has 2 unspecified atom stereocenters. The van der Waals surface area contributed by atoms with Crippen LogP contribution >= 0.6 is 35.8 Å². The average Bonchev–Trinajstić information content (AvgIpc) is 2.97. The SMILES string of the molecule is O=C1CCC(N2Cc3cc(CN4CCCN(c5cccc(Cl)c5Cl)CC4)ccc3C2S)C(=O)N1. The van der Waals surface area contributed by atoms with Gasteiger partial charge in [-0.15, -0.1) is 0 Å². The quantitative estimate of drug-likeness (QED) is 0.467. The van der Waals surface area contributed by atoms with E-state index in [-0.39, 0.29) is 23.2 Å². The maximum Gasteiger partial charge on any atom is 0.243 e. The third-order valence-corrected chi connectivity index (χ3v) is 8.41. The van der Waals surface area contributed by atoms with Gasteiger partial charge in [-0.2, -0.15) is 12.6 Å². The molecular formula is C25H28Cl2N4O2S. The molecule has 9 heteroatoms. The fourth-order valence-electron chi connectivity index (χ4n) is 5.25. The van der Waals surface area contributed by atoms with Gasteiger partial charge in [0.15, 0.2) is 0 Å². The second kappa shape index (κ2) is 10.1. The highest BCUT2D eigenvalue weighted by atomic mass is 35.5. The predicted molar refractivity (Wildman–Crippen MR) is 138 cm³/mol. The van der Waals surface area contributed by atoms with Crippen LogP contribution in [0.1, 0.15) is 41.3 Å². The number of carbonyl (C=O) groups excluding carboxylic acids is 2. The van der Waals surface area contributed by atoms with E-state index in [0.717, 1.165) is 50.4 Å². The number of nitrogens with one attached hydrogen (secondary N) is 1. The number of nitrogens with zero attached hydrogens (tertiary/aromatic N) is 3. The number of halogens is 2. The number of benzene rings is 2. The van der Waals surface area contributed by atoms with E-state index in [4.69, 9.17) is 35.8 Å². The summed E-state index contributed by atoms with van der Waals surface area (Å²) in [4.78, 5) is 30.8. The lowest BCUT2D eigenvalue weighted by Gasteiger charge is -2.32. The van der Waals surface area contributed by atoms with E-state index < -0.39 is 0 Å². The zero-order chi connectivity index (χ0) is 23.8. The van der Waals surface area contributed by atoms with E-state index in [9.17, 15) is 9.59 Å². The molecule has 1 N–H and O–H groups in total. The first kappa shape index (κ1) is 23.9. The van der Waals surface area contributed by atoms with E-state index in [0.29, 0.717) is 29.4 Å². The molecule has 0 radical (unpaired) electrons. The first-order valence-electron chi connectivity index (χ1n) is 11.7. The number of amides is 2. The summed E-state index contributed by atoms with van der Waals surface area (Å²) in [6, 6.07) is 12.1. The molecule has 2 aromatic carbocycles. The minimum atomic E-state index is -0.314. The molecular weight excluding hydrogens is 491 g/mol. The Labute approximate surface area is 215 Å². The Morgan fingerprint density at radius 1 is 1.06 bits per heavy atom. The summed E-state index contributed by atoms with van der Waals surface area (Å²) in [6.45, 7) is 5.35. The molecule has 34 heavy (non-hydrogen) atoms. The van der Waals surface area contributed by atoms with Crippen molar-refractivity contribution in [3.63, 3.8) is 0 Å². The first-order valence-corrected chi connectivity index (χ1v) is 13.0. The number of anilines is 1. The maximum atomic E-state index is 12.4. The van der Waals surface area contributed by atoms with Crippen molar-refractivity contribution in [1.82, 2.24) is 15.1 Å². The molecule has 2 amide bonds. The fraction of sp³-hybridized carbons (Fsp3) is 0.440. The largest absolute Gasteiger partial charge is 0.369 e.